The molecular formula is C9H16N2O3. The Morgan fingerprint density at radius 1 is 1.50 bits per heavy atom. The number of carbonyl (C=O) groups excluding carboxylic acids is 1. The van der Waals surface area contributed by atoms with Crippen LogP contribution in [0.25, 0.3) is 0 Å². The van der Waals surface area contributed by atoms with Crippen LogP contribution in [0.2, 0.25) is 0 Å². The first-order valence-electron chi connectivity index (χ1n) is 4.32. The smallest absolute Gasteiger partial charge is 0.328 e. The van der Waals surface area contributed by atoms with Crippen LogP contribution in [-0.4, -0.2) is 36.6 Å². The van der Waals surface area contributed by atoms with E-state index in [-0.39, 0.29) is 11.9 Å². The van der Waals surface area contributed by atoms with Crippen molar-refractivity contribution in [1.29, 1.82) is 0 Å². The van der Waals surface area contributed by atoms with Crippen molar-refractivity contribution in [2.24, 2.45) is 0 Å². The summed E-state index contributed by atoms with van der Waals surface area (Å²) >= 11 is 0. The van der Waals surface area contributed by atoms with Crippen molar-refractivity contribution in [2.75, 3.05) is 13.6 Å². The maximum atomic E-state index is 11.0. The molecule has 0 bridgehead atoms. The first-order chi connectivity index (χ1) is 6.47. The van der Waals surface area contributed by atoms with Gasteiger partial charge in [-0.2, -0.15) is 0 Å². The summed E-state index contributed by atoms with van der Waals surface area (Å²) in [5.41, 5.74) is 0.674. The molecule has 5 heteroatoms. The summed E-state index contributed by atoms with van der Waals surface area (Å²) in [6.07, 6.45) is 1.11. The zero-order valence-corrected chi connectivity index (χ0v) is 8.63. The maximum Gasteiger partial charge on any atom is 0.328 e. The van der Waals surface area contributed by atoms with Crippen molar-refractivity contribution >= 4 is 11.9 Å². The van der Waals surface area contributed by atoms with Gasteiger partial charge in [-0.25, -0.2) is 4.79 Å². The summed E-state index contributed by atoms with van der Waals surface area (Å²) in [6.45, 7) is 3.80. The number of rotatable bonds is 5. The van der Waals surface area contributed by atoms with Gasteiger partial charge in [-0.1, -0.05) is 5.57 Å². The van der Waals surface area contributed by atoms with Gasteiger partial charge >= 0.3 is 5.97 Å². The normalized spacial score (nSPS) is 13.5. The van der Waals surface area contributed by atoms with E-state index in [1.807, 2.05) is 0 Å². The van der Waals surface area contributed by atoms with Crippen LogP contribution < -0.4 is 10.6 Å². The molecule has 0 aliphatic rings. The highest BCUT2D eigenvalue weighted by molar-refractivity contribution is 5.81. The van der Waals surface area contributed by atoms with Gasteiger partial charge in [0.05, 0.1) is 6.04 Å². The summed E-state index contributed by atoms with van der Waals surface area (Å²) in [5, 5.41) is 13.8. The maximum absolute atomic E-state index is 11.0. The van der Waals surface area contributed by atoms with E-state index >= 15 is 0 Å². The summed E-state index contributed by atoms with van der Waals surface area (Å²) in [4.78, 5) is 21.3. The van der Waals surface area contributed by atoms with Crippen molar-refractivity contribution in [3.05, 3.63) is 11.6 Å². The van der Waals surface area contributed by atoms with Crippen LogP contribution in [0, 0.1) is 0 Å². The fourth-order valence-corrected chi connectivity index (χ4v) is 0.885. The molecule has 1 atom stereocenters. The molecule has 5 nitrogen and oxygen atoms in total. The molecule has 1 unspecified atom stereocenters. The lowest BCUT2D eigenvalue weighted by Crippen LogP contribution is -2.41. The lowest BCUT2D eigenvalue weighted by atomic mass is 10.2. The molecule has 0 aliphatic heterocycles. The first kappa shape index (κ1) is 12.6. The molecule has 14 heavy (non-hydrogen) atoms. The van der Waals surface area contributed by atoms with Gasteiger partial charge in [-0.15, -0.1) is 0 Å². The highest BCUT2D eigenvalue weighted by atomic mass is 16.4. The Kier molecular flexibility index (Phi) is 5.55. The van der Waals surface area contributed by atoms with E-state index in [0.29, 0.717) is 12.1 Å². The number of carboxylic acids is 1. The molecule has 0 fully saturated rings. The second-order valence-corrected chi connectivity index (χ2v) is 3.05. The highest BCUT2D eigenvalue weighted by Crippen LogP contribution is 1.91. The van der Waals surface area contributed by atoms with Gasteiger partial charge in [-0.3, -0.25) is 4.79 Å². The van der Waals surface area contributed by atoms with Gasteiger partial charge in [0.2, 0.25) is 5.91 Å². The quantitative estimate of drug-likeness (QED) is 0.534. The van der Waals surface area contributed by atoms with Crippen LogP contribution in [0.4, 0.5) is 0 Å². The van der Waals surface area contributed by atoms with Crippen LogP contribution in [0.15, 0.2) is 11.6 Å². The predicted molar refractivity (Wildman–Crippen MR) is 52.9 cm³/mol. The Hall–Kier alpha value is -1.36. The van der Waals surface area contributed by atoms with Crippen molar-refractivity contribution in [1.82, 2.24) is 10.6 Å². The first-order valence-corrected chi connectivity index (χ1v) is 4.32. The average Bonchev–Trinajstić information content (AvgIpc) is 2.11. The second kappa shape index (κ2) is 6.15. The summed E-state index contributed by atoms with van der Waals surface area (Å²) < 4.78 is 0. The molecule has 0 aromatic heterocycles. The Morgan fingerprint density at radius 3 is 2.50 bits per heavy atom. The predicted octanol–water partition coefficient (Wildman–Crippen LogP) is -0.259. The minimum Gasteiger partial charge on any atom is -0.478 e. The largest absolute Gasteiger partial charge is 0.478 e. The zero-order valence-electron chi connectivity index (χ0n) is 8.63. The fourth-order valence-electron chi connectivity index (χ4n) is 0.885. The number of amides is 1. The minimum absolute atomic E-state index is 0.117. The summed E-state index contributed by atoms with van der Waals surface area (Å²) in [6, 6.07) is -0.322. The molecule has 1 amide bonds. The monoisotopic (exact) mass is 200 g/mol. The van der Waals surface area contributed by atoms with Gasteiger partial charge in [0.1, 0.15) is 0 Å². The highest BCUT2D eigenvalue weighted by Gasteiger charge is 2.09. The Morgan fingerprint density at radius 2 is 2.07 bits per heavy atom. The molecule has 0 spiro atoms. The Labute approximate surface area is 83.2 Å². The van der Waals surface area contributed by atoms with E-state index in [2.05, 4.69) is 10.6 Å². The summed E-state index contributed by atoms with van der Waals surface area (Å²) in [7, 11) is 1.56. The lowest BCUT2D eigenvalue weighted by Gasteiger charge is -2.11. The molecule has 0 saturated carbocycles. The second-order valence-electron chi connectivity index (χ2n) is 3.05. The van der Waals surface area contributed by atoms with Crippen LogP contribution in [0.3, 0.4) is 0 Å². The molecular weight excluding hydrogens is 184 g/mol. The van der Waals surface area contributed by atoms with Crippen molar-refractivity contribution in [3.63, 3.8) is 0 Å². The number of likely N-dealkylation sites (N-methyl/N-ethyl adjacent to an activating group) is 1. The third kappa shape index (κ3) is 5.31. The van der Waals surface area contributed by atoms with E-state index in [1.165, 1.54) is 0 Å². The van der Waals surface area contributed by atoms with E-state index in [4.69, 9.17) is 5.11 Å². The number of carbonyl (C=O) groups is 2. The molecule has 3 N–H and O–H groups in total. The minimum atomic E-state index is -0.975. The third-order valence-electron chi connectivity index (χ3n) is 1.70. The number of hydrogen-bond acceptors (Lipinski definition) is 3. The van der Waals surface area contributed by atoms with Crippen LogP contribution in [0.5, 0.6) is 0 Å². The van der Waals surface area contributed by atoms with Crippen LogP contribution in [0.1, 0.15) is 13.8 Å². The lowest BCUT2D eigenvalue weighted by molar-refractivity contribution is -0.131. The van der Waals surface area contributed by atoms with Crippen LogP contribution in [-0.2, 0) is 9.59 Å². The average molecular weight is 200 g/mol. The van der Waals surface area contributed by atoms with E-state index < -0.39 is 5.97 Å². The SMILES string of the molecule is CNC(=O)C(C)NCC(C)=CC(=O)O. The molecule has 0 aromatic rings. The standard InChI is InChI=1S/C9H16N2O3/c1-6(4-8(12)13)5-11-7(2)9(14)10-3/h4,7,11H,5H2,1-3H3,(H,10,14)(H,12,13). The molecule has 0 saturated heterocycles. The topological polar surface area (TPSA) is 78.4 Å². The Balaban J connectivity index is 3.94. The summed E-state index contributed by atoms with van der Waals surface area (Å²) in [5.74, 6) is -1.09. The number of nitrogens with one attached hydrogen (secondary N) is 2. The van der Waals surface area contributed by atoms with E-state index in [0.717, 1.165) is 6.08 Å². The van der Waals surface area contributed by atoms with Gasteiger partial charge in [0, 0.05) is 19.7 Å². The molecule has 0 aromatic carbocycles. The molecule has 80 valence electrons. The van der Waals surface area contributed by atoms with Gasteiger partial charge in [0.15, 0.2) is 0 Å². The Bertz CT molecular complexity index is 248. The zero-order chi connectivity index (χ0) is 11.1. The number of hydrogen-bond donors (Lipinski definition) is 3. The fraction of sp³-hybridized carbons (Fsp3) is 0.556. The molecule has 0 radical (unpaired) electrons. The van der Waals surface area contributed by atoms with E-state index in [1.54, 1.807) is 20.9 Å². The van der Waals surface area contributed by atoms with Crippen LogP contribution >= 0.6 is 0 Å². The van der Waals surface area contributed by atoms with Gasteiger partial charge < -0.3 is 15.7 Å². The van der Waals surface area contributed by atoms with Crippen molar-refractivity contribution in [3.8, 4) is 0 Å². The molecule has 0 aliphatic carbocycles. The molecule has 0 heterocycles. The van der Waals surface area contributed by atoms with Gasteiger partial charge in [0.25, 0.3) is 0 Å². The number of carboxylic acid groups (broad SMARTS) is 1. The van der Waals surface area contributed by atoms with Crippen molar-refractivity contribution < 1.29 is 14.7 Å². The number of aliphatic carboxylic acids is 1. The van der Waals surface area contributed by atoms with Gasteiger partial charge in [-0.05, 0) is 13.8 Å². The third-order valence-corrected chi connectivity index (χ3v) is 1.70. The van der Waals surface area contributed by atoms with Crippen molar-refractivity contribution in [2.45, 2.75) is 19.9 Å². The van der Waals surface area contributed by atoms with E-state index in [9.17, 15) is 9.59 Å². The molecule has 0 rings (SSSR count).